The van der Waals surface area contributed by atoms with Crippen molar-refractivity contribution in [2.75, 3.05) is 32.7 Å². The van der Waals surface area contributed by atoms with Gasteiger partial charge in [0.15, 0.2) is 0 Å². The molecule has 0 aliphatic carbocycles. The van der Waals surface area contributed by atoms with Crippen molar-refractivity contribution in [1.29, 1.82) is 0 Å². The second kappa shape index (κ2) is 11.1. The fourth-order valence-electron chi connectivity index (χ4n) is 5.39. The first-order valence-corrected chi connectivity index (χ1v) is 12.3. The van der Waals surface area contributed by atoms with E-state index in [9.17, 15) is 5.11 Å². The van der Waals surface area contributed by atoms with E-state index >= 15 is 0 Å². The Balaban J connectivity index is 1.47. The lowest BCUT2D eigenvalue weighted by Crippen LogP contribution is -2.42. The third kappa shape index (κ3) is 5.75. The van der Waals surface area contributed by atoms with Crippen LogP contribution in [0.3, 0.4) is 0 Å². The van der Waals surface area contributed by atoms with Crippen molar-refractivity contribution in [2.45, 2.75) is 44.9 Å². The number of aromatic hydroxyl groups is 1. The van der Waals surface area contributed by atoms with Gasteiger partial charge in [0.25, 0.3) is 0 Å². The van der Waals surface area contributed by atoms with E-state index in [1.807, 2.05) is 25.1 Å². The van der Waals surface area contributed by atoms with Crippen LogP contribution >= 0.6 is 0 Å². The van der Waals surface area contributed by atoms with Crippen LogP contribution in [0.2, 0.25) is 0 Å². The van der Waals surface area contributed by atoms with Gasteiger partial charge >= 0.3 is 0 Å². The van der Waals surface area contributed by atoms with Crippen LogP contribution in [-0.2, 0) is 17.7 Å². The Hall–Kier alpha value is -2.40. The Morgan fingerprint density at radius 1 is 1.06 bits per heavy atom. The number of phenolic OH excluding ortho intramolecular Hbond substituents is 1. The summed E-state index contributed by atoms with van der Waals surface area (Å²) in [5, 5.41) is 10.9. The van der Waals surface area contributed by atoms with Crippen LogP contribution in [0, 0.1) is 12.8 Å². The average Bonchev–Trinajstić information content (AvgIpc) is 2.83. The van der Waals surface area contributed by atoms with Crippen molar-refractivity contribution in [3.05, 3.63) is 90.0 Å². The molecule has 176 valence electrons. The normalized spacial score (nSPS) is 21.6. The number of fused-ring (bicyclic) bond motifs is 1. The number of hydrogen-bond donors (Lipinski definition) is 1. The molecule has 0 saturated carbocycles. The molecule has 2 heterocycles. The number of hydrogen-bond acceptors (Lipinski definition) is 4. The molecule has 2 aliphatic rings. The molecule has 4 heteroatoms. The van der Waals surface area contributed by atoms with Gasteiger partial charge in [-0.1, -0.05) is 54.6 Å². The minimum Gasteiger partial charge on any atom is -0.507 e. The van der Waals surface area contributed by atoms with E-state index in [4.69, 9.17) is 4.74 Å². The van der Waals surface area contributed by atoms with Crippen molar-refractivity contribution < 1.29 is 9.84 Å². The predicted octanol–water partition coefficient (Wildman–Crippen LogP) is 5.27. The average molecular weight is 447 g/mol. The second-order valence-corrected chi connectivity index (χ2v) is 9.56. The number of phenols is 1. The lowest BCUT2D eigenvalue weighted by molar-refractivity contribution is -0.0779. The molecule has 2 aromatic rings. The van der Waals surface area contributed by atoms with E-state index in [1.54, 1.807) is 0 Å². The highest BCUT2D eigenvalue weighted by Crippen LogP contribution is 2.41. The highest BCUT2D eigenvalue weighted by molar-refractivity contribution is 5.47. The molecule has 0 aromatic heterocycles. The lowest BCUT2D eigenvalue weighted by Gasteiger charge is -2.41. The van der Waals surface area contributed by atoms with E-state index in [1.165, 1.54) is 5.56 Å². The van der Waals surface area contributed by atoms with Crippen LogP contribution in [0.15, 0.2) is 67.8 Å². The molecule has 0 radical (unpaired) electrons. The van der Waals surface area contributed by atoms with Crippen molar-refractivity contribution in [1.82, 2.24) is 9.80 Å². The number of ether oxygens (including phenoxy) is 1. The fraction of sp³-hybridized carbons (Fsp3) is 0.448. The minimum absolute atomic E-state index is 0.0486. The molecule has 1 saturated heterocycles. The maximum Gasteiger partial charge on any atom is 0.122 e. The Morgan fingerprint density at radius 2 is 1.76 bits per heavy atom. The molecule has 4 nitrogen and oxygen atoms in total. The van der Waals surface area contributed by atoms with Gasteiger partial charge in [0.05, 0.1) is 12.2 Å². The summed E-state index contributed by atoms with van der Waals surface area (Å²) in [6, 6.07) is 14.9. The number of nitrogens with zero attached hydrogens (tertiary/aromatic N) is 2. The number of piperidine rings is 1. The van der Waals surface area contributed by atoms with Crippen LogP contribution in [0.4, 0.5) is 0 Å². The van der Waals surface area contributed by atoms with Gasteiger partial charge in [-0.2, -0.15) is 0 Å². The molecular weight excluding hydrogens is 408 g/mol. The molecule has 0 amide bonds. The van der Waals surface area contributed by atoms with Crippen molar-refractivity contribution in [3.63, 3.8) is 0 Å². The largest absolute Gasteiger partial charge is 0.507 e. The molecule has 0 bridgehead atoms. The quantitative estimate of drug-likeness (QED) is 0.533. The summed E-state index contributed by atoms with van der Waals surface area (Å²) in [4.78, 5) is 4.85. The maximum absolute atomic E-state index is 10.9. The van der Waals surface area contributed by atoms with E-state index < -0.39 is 0 Å². The molecule has 0 unspecified atom stereocenters. The fourth-order valence-corrected chi connectivity index (χ4v) is 5.39. The van der Waals surface area contributed by atoms with Gasteiger partial charge in [-0.3, -0.25) is 9.80 Å². The summed E-state index contributed by atoms with van der Waals surface area (Å²) in [6.45, 7) is 15.4. The monoisotopic (exact) mass is 446 g/mol. The predicted molar refractivity (Wildman–Crippen MR) is 135 cm³/mol. The van der Waals surface area contributed by atoms with Gasteiger partial charge in [0, 0.05) is 38.2 Å². The van der Waals surface area contributed by atoms with Gasteiger partial charge in [-0.05, 0) is 55.5 Å². The zero-order valence-corrected chi connectivity index (χ0v) is 20.0. The molecule has 1 N–H and O–H groups in total. The molecule has 2 aliphatic heterocycles. The molecule has 4 rings (SSSR count). The van der Waals surface area contributed by atoms with E-state index in [0.717, 1.165) is 75.2 Å². The smallest absolute Gasteiger partial charge is 0.122 e. The maximum atomic E-state index is 10.9. The zero-order chi connectivity index (χ0) is 23.2. The van der Waals surface area contributed by atoms with Gasteiger partial charge in [0.2, 0.25) is 0 Å². The van der Waals surface area contributed by atoms with Gasteiger partial charge in [-0.15, -0.1) is 13.2 Å². The molecule has 1 fully saturated rings. The number of rotatable bonds is 9. The lowest BCUT2D eigenvalue weighted by atomic mass is 9.83. The summed E-state index contributed by atoms with van der Waals surface area (Å²) in [5.41, 5.74) is 4.54. The van der Waals surface area contributed by atoms with Crippen LogP contribution in [0.5, 0.6) is 5.75 Å². The standard InChI is InChI=1S/C29H38N2O2/c1-4-15-30(16-5-2)21-28-25-12-11-22(3)29(32)26(25)19-27(33-28)24-13-17-31(18-14-24)20-23-9-7-6-8-10-23/h4-12,24,27-28,32H,1-2,13-21H2,3H3/t27-,28-/m0/s1. The first-order valence-electron chi connectivity index (χ1n) is 12.3. The summed E-state index contributed by atoms with van der Waals surface area (Å²) < 4.78 is 6.78. The highest BCUT2D eigenvalue weighted by Gasteiger charge is 2.36. The summed E-state index contributed by atoms with van der Waals surface area (Å²) >= 11 is 0. The highest BCUT2D eigenvalue weighted by atomic mass is 16.5. The van der Waals surface area contributed by atoms with Crippen molar-refractivity contribution in [2.24, 2.45) is 5.92 Å². The summed E-state index contributed by atoms with van der Waals surface area (Å²) in [5.74, 6) is 0.964. The van der Waals surface area contributed by atoms with E-state index in [2.05, 4.69) is 59.4 Å². The van der Waals surface area contributed by atoms with Crippen LogP contribution in [-0.4, -0.2) is 53.7 Å². The van der Waals surface area contributed by atoms with E-state index in [0.29, 0.717) is 11.7 Å². The SMILES string of the molecule is C=CCN(CC=C)C[C@@H]1O[C@H](C2CCN(Cc3ccccc3)CC2)Cc2c1ccc(C)c2O. The third-order valence-electron chi connectivity index (χ3n) is 7.22. The van der Waals surface area contributed by atoms with Crippen LogP contribution in [0.25, 0.3) is 0 Å². The van der Waals surface area contributed by atoms with Gasteiger partial charge < -0.3 is 9.84 Å². The number of likely N-dealkylation sites (tertiary alicyclic amines) is 1. The van der Waals surface area contributed by atoms with Crippen molar-refractivity contribution >= 4 is 0 Å². The summed E-state index contributed by atoms with van der Waals surface area (Å²) in [7, 11) is 0. The van der Waals surface area contributed by atoms with Gasteiger partial charge in [0.1, 0.15) is 5.75 Å². The molecule has 0 spiro atoms. The Bertz CT molecular complexity index is 924. The van der Waals surface area contributed by atoms with Crippen molar-refractivity contribution in [3.8, 4) is 5.75 Å². The second-order valence-electron chi connectivity index (χ2n) is 9.56. The number of benzene rings is 2. The Morgan fingerprint density at radius 3 is 2.42 bits per heavy atom. The molecule has 2 atom stereocenters. The Labute approximate surface area is 199 Å². The minimum atomic E-state index is -0.0486. The van der Waals surface area contributed by atoms with Crippen LogP contribution < -0.4 is 0 Å². The number of aryl methyl sites for hydroxylation is 1. The first-order chi connectivity index (χ1) is 16.1. The molecule has 33 heavy (non-hydrogen) atoms. The molecular formula is C29H38N2O2. The Kier molecular flexibility index (Phi) is 8.02. The summed E-state index contributed by atoms with van der Waals surface area (Å²) in [6.07, 6.45) is 7.02. The topological polar surface area (TPSA) is 35.9 Å². The van der Waals surface area contributed by atoms with Crippen LogP contribution in [0.1, 0.15) is 41.2 Å². The first kappa shape index (κ1) is 23.7. The van der Waals surface area contributed by atoms with E-state index in [-0.39, 0.29) is 12.2 Å². The van der Waals surface area contributed by atoms with Gasteiger partial charge in [-0.25, -0.2) is 0 Å². The third-order valence-corrected chi connectivity index (χ3v) is 7.22. The molecule has 2 aromatic carbocycles. The zero-order valence-electron chi connectivity index (χ0n) is 20.0.